The van der Waals surface area contributed by atoms with E-state index in [2.05, 4.69) is 15.4 Å². The molecular formula is C11H11ClN4O2. The third-order valence-corrected chi connectivity index (χ3v) is 2.46. The summed E-state index contributed by atoms with van der Waals surface area (Å²) in [6.45, 7) is 1.85. The molecule has 2 aromatic rings. The van der Waals surface area contributed by atoms with E-state index in [9.17, 15) is 0 Å². The summed E-state index contributed by atoms with van der Waals surface area (Å²) in [5, 5.41) is 18.8. The molecule has 4 N–H and O–H groups in total. The van der Waals surface area contributed by atoms with Crippen LogP contribution >= 0.6 is 11.6 Å². The van der Waals surface area contributed by atoms with Crippen LogP contribution in [0.15, 0.2) is 29.4 Å². The Balaban J connectivity index is 2.38. The number of rotatable bonds is 3. The second kappa shape index (κ2) is 4.97. The highest BCUT2D eigenvalue weighted by molar-refractivity contribution is 6.31. The number of nitrogens with zero attached hydrogens (tertiary/aromatic N) is 2. The van der Waals surface area contributed by atoms with Crippen LogP contribution in [0.4, 0.5) is 0 Å². The van der Waals surface area contributed by atoms with Crippen molar-refractivity contribution < 1.29 is 9.94 Å². The molecular weight excluding hydrogens is 256 g/mol. The number of amidine groups is 1. The molecule has 0 radical (unpaired) electrons. The maximum Gasteiger partial charge on any atom is 0.238 e. The molecule has 0 aliphatic rings. The lowest BCUT2D eigenvalue weighted by molar-refractivity contribution is 0.318. The van der Waals surface area contributed by atoms with E-state index < -0.39 is 0 Å². The molecule has 0 atom stereocenters. The number of aryl methyl sites for hydroxylation is 1. The maximum absolute atomic E-state index is 8.72. The van der Waals surface area contributed by atoms with Gasteiger partial charge in [0.25, 0.3) is 0 Å². The summed E-state index contributed by atoms with van der Waals surface area (Å²) in [7, 11) is 0. The smallest absolute Gasteiger partial charge is 0.238 e. The molecule has 0 saturated carbocycles. The molecule has 7 heteroatoms. The molecule has 0 unspecified atom stereocenters. The van der Waals surface area contributed by atoms with E-state index in [1.54, 1.807) is 24.3 Å². The average Bonchev–Trinajstić information content (AvgIpc) is 2.76. The fourth-order valence-electron chi connectivity index (χ4n) is 1.40. The van der Waals surface area contributed by atoms with Gasteiger partial charge >= 0.3 is 0 Å². The van der Waals surface area contributed by atoms with Crippen molar-refractivity contribution in [2.24, 2.45) is 10.9 Å². The van der Waals surface area contributed by atoms with Crippen LogP contribution in [-0.2, 0) is 0 Å². The Kier molecular flexibility index (Phi) is 3.38. The number of benzene rings is 1. The first-order valence-corrected chi connectivity index (χ1v) is 5.45. The van der Waals surface area contributed by atoms with Crippen molar-refractivity contribution in [3.63, 3.8) is 0 Å². The maximum atomic E-state index is 8.72. The monoisotopic (exact) mass is 266 g/mol. The van der Waals surface area contributed by atoms with Gasteiger partial charge in [0.15, 0.2) is 5.84 Å². The van der Waals surface area contributed by atoms with E-state index in [4.69, 9.17) is 27.3 Å². The molecule has 0 aliphatic carbocycles. The Bertz CT molecular complexity index is 594. The van der Waals surface area contributed by atoms with Crippen LogP contribution in [0, 0.1) is 6.92 Å². The Morgan fingerprint density at radius 2 is 2.28 bits per heavy atom. The second-order valence-corrected chi connectivity index (χ2v) is 4.05. The first-order chi connectivity index (χ1) is 8.60. The van der Waals surface area contributed by atoms with Gasteiger partial charge in [-0.3, -0.25) is 5.10 Å². The van der Waals surface area contributed by atoms with E-state index in [-0.39, 0.29) is 5.84 Å². The molecule has 0 fully saturated rings. The lowest BCUT2D eigenvalue weighted by Crippen LogP contribution is -2.14. The summed E-state index contributed by atoms with van der Waals surface area (Å²) in [4.78, 5) is 0. The molecule has 94 valence electrons. The van der Waals surface area contributed by atoms with E-state index in [0.29, 0.717) is 22.2 Å². The lowest BCUT2D eigenvalue weighted by atomic mass is 10.2. The molecule has 1 aromatic heterocycles. The zero-order chi connectivity index (χ0) is 13.1. The largest absolute Gasteiger partial charge is 0.437 e. The van der Waals surface area contributed by atoms with E-state index in [1.165, 1.54) is 0 Å². The van der Waals surface area contributed by atoms with Crippen molar-refractivity contribution in [1.29, 1.82) is 0 Å². The molecule has 6 nitrogen and oxygen atoms in total. The number of aromatic nitrogens is 2. The van der Waals surface area contributed by atoms with Gasteiger partial charge in [-0.25, -0.2) is 0 Å². The number of oxime groups is 1. The number of ether oxygens (including phenoxy) is 1. The molecule has 0 aliphatic heterocycles. The molecule has 0 saturated heterocycles. The molecule has 2 rings (SSSR count). The van der Waals surface area contributed by atoms with Crippen LogP contribution in [0.2, 0.25) is 5.02 Å². The van der Waals surface area contributed by atoms with Crippen LogP contribution in [0.1, 0.15) is 11.3 Å². The molecule has 1 aromatic carbocycles. The summed E-state index contributed by atoms with van der Waals surface area (Å²) in [5.41, 5.74) is 6.82. The third kappa shape index (κ3) is 2.54. The minimum atomic E-state index is -0.0836. The number of hydrogen-bond donors (Lipinski definition) is 3. The predicted octanol–water partition coefficient (Wildman–Crippen LogP) is 2.26. The topological polar surface area (TPSA) is 96.5 Å². The van der Waals surface area contributed by atoms with E-state index in [1.807, 2.05) is 6.92 Å². The summed E-state index contributed by atoms with van der Waals surface area (Å²) < 4.78 is 5.54. The SMILES string of the molecule is Cc1cc(Oc2ccc(Cl)cc2/C(N)=N/O)n[nH]1. The Labute approximate surface area is 108 Å². The van der Waals surface area contributed by atoms with Gasteiger partial charge in [0.2, 0.25) is 5.88 Å². The van der Waals surface area contributed by atoms with Gasteiger partial charge in [0, 0.05) is 16.8 Å². The molecule has 0 bridgehead atoms. The normalized spacial score (nSPS) is 11.6. The molecule has 1 heterocycles. The van der Waals surface area contributed by atoms with Crippen molar-refractivity contribution in [3.05, 3.63) is 40.5 Å². The second-order valence-electron chi connectivity index (χ2n) is 3.62. The number of H-pyrrole nitrogens is 1. The highest BCUT2D eigenvalue weighted by atomic mass is 35.5. The van der Waals surface area contributed by atoms with Crippen LogP contribution in [-0.4, -0.2) is 21.2 Å². The van der Waals surface area contributed by atoms with Gasteiger partial charge in [-0.1, -0.05) is 16.8 Å². The van der Waals surface area contributed by atoms with Gasteiger partial charge in [0.1, 0.15) is 5.75 Å². The number of halogens is 1. The highest BCUT2D eigenvalue weighted by Gasteiger charge is 2.11. The fourth-order valence-corrected chi connectivity index (χ4v) is 1.58. The standard InChI is InChI=1S/C11H11ClN4O2/c1-6-4-10(15-14-6)18-9-3-2-7(12)5-8(9)11(13)16-17/h2-5,17H,1H3,(H2,13,16)(H,14,15). The van der Waals surface area contributed by atoms with Gasteiger partial charge in [-0.15, -0.1) is 5.10 Å². The average molecular weight is 267 g/mol. The van der Waals surface area contributed by atoms with Gasteiger partial charge in [-0.05, 0) is 25.1 Å². The van der Waals surface area contributed by atoms with Crippen molar-refractivity contribution in [1.82, 2.24) is 10.2 Å². The van der Waals surface area contributed by atoms with Crippen LogP contribution in [0.5, 0.6) is 11.6 Å². The Morgan fingerprint density at radius 1 is 1.50 bits per heavy atom. The van der Waals surface area contributed by atoms with E-state index in [0.717, 1.165) is 5.69 Å². The van der Waals surface area contributed by atoms with Crippen molar-refractivity contribution in [3.8, 4) is 11.6 Å². The molecule has 0 spiro atoms. The van der Waals surface area contributed by atoms with Crippen LogP contribution in [0.3, 0.4) is 0 Å². The summed E-state index contributed by atoms with van der Waals surface area (Å²) in [6, 6.07) is 6.54. The first kappa shape index (κ1) is 12.3. The fraction of sp³-hybridized carbons (Fsp3) is 0.0909. The summed E-state index contributed by atoms with van der Waals surface area (Å²) in [6.07, 6.45) is 0. The number of aromatic amines is 1. The zero-order valence-electron chi connectivity index (χ0n) is 9.51. The Morgan fingerprint density at radius 3 is 2.89 bits per heavy atom. The number of nitrogens with one attached hydrogen (secondary N) is 1. The minimum absolute atomic E-state index is 0.0836. The van der Waals surface area contributed by atoms with Crippen molar-refractivity contribution in [2.45, 2.75) is 6.92 Å². The molecule has 18 heavy (non-hydrogen) atoms. The first-order valence-electron chi connectivity index (χ1n) is 5.07. The van der Waals surface area contributed by atoms with Gasteiger partial charge in [0.05, 0.1) is 5.56 Å². The van der Waals surface area contributed by atoms with Crippen molar-refractivity contribution >= 4 is 17.4 Å². The zero-order valence-corrected chi connectivity index (χ0v) is 10.3. The van der Waals surface area contributed by atoms with E-state index >= 15 is 0 Å². The van der Waals surface area contributed by atoms with Gasteiger partial charge in [-0.2, -0.15) is 0 Å². The minimum Gasteiger partial charge on any atom is -0.437 e. The van der Waals surface area contributed by atoms with Crippen LogP contribution < -0.4 is 10.5 Å². The quantitative estimate of drug-likeness (QED) is 0.344. The number of hydrogen-bond acceptors (Lipinski definition) is 4. The summed E-state index contributed by atoms with van der Waals surface area (Å²) >= 11 is 5.86. The number of nitrogens with two attached hydrogens (primary N) is 1. The Hall–Kier alpha value is -2.21. The third-order valence-electron chi connectivity index (χ3n) is 2.22. The highest BCUT2D eigenvalue weighted by Crippen LogP contribution is 2.27. The van der Waals surface area contributed by atoms with Crippen molar-refractivity contribution in [2.75, 3.05) is 0 Å². The summed E-state index contributed by atoms with van der Waals surface area (Å²) in [5.74, 6) is 0.711. The van der Waals surface area contributed by atoms with Gasteiger partial charge < -0.3 is 15.7 Å². The lowest BCUT2D eigenvalue weighted by Gasteiger charge is -2.08. The molecule has 0 amide bonds. The van der Waals surface area contributed by atoms with Crippen LogP contribution in [0.25, 0.3) is 0 Å². The predicted molar refractivity (Wildman–Crippen MR) is 67.4 cm³/mol.